The number of ether oxygens (including phenoxy) is 2. The molecule has 1 aliphatic rings. The fraction of sp³-hybridized carbons (Fsp3) is 0.391. The van der Waals surface area contributed by atoms with E-state index in [0.29, 0.717) is 0 Å². The summed E-state index contributed by atoms with van der Waals surface area (Å²) in [5, 5.41) is 10.1. The summed E-state index contributed by atoms with van der Waals surface area (Å²) in [6.07, 6.45) is -1.92. The third-order valence-corrected chi connectivity index (χ3v) is 4.62. The zero-order valence-corrected chi connectivity index (χ0v) is 16.9. The van der Waals surface area contributed by atoms with E-state index in [1.165, 1.54) is 4.90 Å². The Bertz CT molecular complexity index is 792. The van der Waals surface area contributed by atoms with Gasteiger partial charge < -0.3 is 14.6 Å². The number of esters is 1. The first-order chi connectivity index (χ1) is 13.7. The van der Waals surface area contributed by atoms with Crippen molar-refractivity contribution in [3.8, 4) is 0 Å². The molecule has 1 aliphatic heterocycles. The molecule has 154 valence electrons. The van der Waals surface area contributed by atoms with Crippen LogP contribution in [0.15, 0.2) is 60.7 Å². The molecule has 0 aliphatic carbocycles. The number of likely N-dealkylation sites (tertiary alicyclic amines) is 1. The Morgan fingerprint density at radius 1 is 1.00 bits per heavy atom. The summed E-state index contributed by atoms with van der Waals surface area (Å²) in [5.74, 6) is -0.565. The summed E-state index contributed by atoms with van der Waals surface area (Å²) in [6.45, 7) is 5.30. The Morgan fingerprint density at radius 3 is 2.00 bits per heavy atom. The number of nitrogens with zero attached hydrogens (tertiary/aromatic N) is 1. The normalized spacial score (nSPS) is 19.3. The fourth-order valence-electron chi connectivity index (χ4n) is 3.34. The maximum atomic E-state index is 13.0. The standard InChI is InChI=1S/C23H27NO5/c1-23(2,3)29-22(27)24-15-18(25)14-19(24)21(26)28-20(16-10-6-4-7-11-16)17-12-8-5-9-13-17/h4-13,18-20,25H,14-15H2,1-3H3/t18?,19-/m0/s1. The number of rotatable bonds is 4. The van der Waals surface area contributed by atoms with Gasteiger partial charge in [-0.1, -0.05) is 60.7 Å². The van der Waals surface area contributed by atoms with E-state index in [-0.39, 0.29) is 13.0 Å². The number of benzene rings is 2. The van der Waals surface area contributed by atoms with Crippen molar-refractivity contribution in [1.29, 1.82) is 0 Å². The number of aliphatic hydroxyl groups is 1. The third-order valence-electron chi connectivity index (χ3n) is 4.62. The van der Waals surface area contributed by atoms with Gasteiger partial charge in [-0.3, -0.25) is 4.90 Å². The number of amides is 1. The molecule has 1 heterocycles. The van der Waals surface area contributed by atoms with Gasteiger partial charge in [-0.15, -0.1) is 0 Å². The Hall–Kier alpha value is -2.86. The number of hydrogen-bond acceptors (Lipinski definition) is 5. The van der Waals surface area contributed by atoms with Gasteiger partial charge >= 0.3 is 12.1 Å². The third kappa shape index (κ3) is 5.35. The average Bonchev–Trinajstić information content (AvgIpc) is 3.08. The van der Waals surface area contributed by atoms with E-state index in [0.717, 1.165) is 11.1 Å². The summed E-state index contributed by atoms with van der Waals surface area (Å²) < 4.78 is 11.3. The van der Waals surface area contributed by atoms with Crippen LogP contribution in [0.5, 0.6) is 0 Å². The minimum atomic E-state index is -0.894. The van der Waals surface area contributed by atoms with Crippen LogP contribution in [0, 0.1) is 0 Å². The lowest BCUT2D eigenvalue weighted by molar-refractivity contribution is -0.152. The summed E-state index contributed by atoms with van der Waals surface area (Å²) in [4.78, 5) is 26.8. The van der Waals surface area contributed by atoms with E-state index in [1.807, 2.05) is 60.7 Å². The molecule has 0 saturated carbocycles. The van der Waals surface area contributed by atoms with Crippen molar-refractivity contribution in [3.63, 3.8) is 0 Å². The van der Waals surface area contributed by atoms with Crippen molar-refractivity contribution in [2.24, 2.45) is 0 Å². The molecule has 2 aromatic rings. The lowest BCUT2D eigenvalue weighted by atomic mass is 10.0. The number of carbonyl (C=O) groups excluding carboxylic acids is 2. The van der Waals surface area contributed by atoms with Crippen LogP contribution < -0.4 is 0 Å². The molecular formula is C23H27NO5. The van der Waals surface area contributed by atoms with Crippen LogP contribution >= 0.6 is 0 Å². The van der Waals surface area contributed by atoms with Crippen LogP contribution in [-0.2, 0) is 14.3 Å². The molecule has 1 N–H and O–H groups in total. The van der Waals surface area contributed by atoms with E-state index in [1.54, 1.807) is 20.8 Å². The molecule has 0 spiro atoms. The minimum Gasteiger partial charge on any atom is -0.451 e. The SMILES string of the molecule is CC(C)(C)OC(=O)N1CC(O)C[C@H]1C(=O)OC(c1ccccc1)c1ccccc1. The Balaban J connectivity index is 1.82. The van der Waals surface area contributed by atoms with Crippen LogP contribution in [-0.4, -0.2) is 46.4 Å². The molecule has 0 aromatic heterocycles. The smallest absolute Gasteiger partial charge is 0.411 e. The minimum absolute atomic E-state index is 0.0377. The molecule has 6 nitrogen and oxygen atoms in total. The molecule has 0 radical (unpaired) electrons. The molecule has 0 bridgehead atoms. The van der Waals surface area contributed by atoms with Crippen molar-refractivity contribution in [3.05, 3.63) is 71.8 Å². The highest BCUT2D eigenvalue weighted by Gasteiger charge is 2.42. The topological polar surface area (TPSA) is 76.1 Å². The first-order valence-electron chi connectivity index (χ1n) is 9.72. The molecule has 1 unspecified atom stereocenters. The number of carbonyl (C=O) groups is 2. The van der Waals surface area contributed by atoms with Gasteiger partial charge in [0, 0.05) is 6.42 Å². The first kappa shape index (κ1) is 20.9. The van der Waals surface area contributed by atoms with Gasteiger partial charge in [0.05, 0.1) is 12.6 Å². The number of aliphatic hydroxyl groups excluding tert-OH is 1. The van der Waals surface area contributed by atoms with Gasteiger partial charge in [-0.2, -0.15) is 0 Å². The second-order valence-electron chi connectivity index (χ2n) is 8.18. The average molecular weight is 397 g/mol. The van der Waals surface area contributed by atoms with Crippen LogP contribution in [0.1, 0.15) is 44.4 Å². The highest BCUT2D eigenvalue weighted by molar-refractivity contribution is 5.82. The van der Waals surface area contributed by atoms with Crippen molar-refractivity contribution in [2.75, 3.05) is 6.54 Å². The highest BCUT2D eigenvalue weighted by atomic mass is 16.6. The van der Waals surface area contributed by atoms with Gasteiger partial charge in [0.2, 0.25) is 0 Å². The Morgan fingerprint density at radius 2 is 1.52 bits per heavy atom. The van der Waals surface area contributed by atoms with E-state index >= 15 is 0 Å². The van der Waals surface area contributed by atoms with Crippen molar-refractivity contribution in [1.82, 2.24) is 4.90 Å². The van der Waals surface area contributed by atoms with Gasteiger partial charge in [0.15, 0.2) is 6.10 Å². The zero-order chi connectivity index (χ0) is 21.0. The van der Waals surface area contributed by atoms with Crippen LogP contribution in [0.3, 0.4) is 0 Å². The summed E-state index contributed by atoms with van der Waals surface area (Å²) >= 11 is 0. The van der Waals surface area contributed by atoms with E-state index < -0.39 is 35.9 Å². The zero-order valence-electron chi connectivity index (χ0n) is 16.9. The van der Waals surface area contributed by atoms with Gasteiger partial charge in [-0.25, -0.2) is 9.59 Å². The molecule has 2 atom stereocenters. The Kier molecular flexibility index (Phi) is 6.23. The lowest BCUT2D eigenvalue weighted by Gasteiger charge is -2.28. The van der Waals surface area contributed by atoms with Crippen LogP contribution in [0.2, 0.25) is 0 Å². The molecular weight excluding hydrogens is 370 g/mol. The van der Waals surface area contributed by atoms with Crippen LogP contribution in [0.25, 0.3) is 0 Å². The summed E-state index contributed by atoms with van der Waals surface area (Å²) in [7, 11) is 0. The molecule has 1 amide bonds. The van der Waals surface area contributed by atoms with E-state index in [9.17, 15) is 14.7 Å². The molecule has 6 heteroatoms. The monoisotopic (exact) mass is 397 g/mol. The highest BCUT2D eigenvalue weighted by Crippen LogP contribution is 2.29. The van der Waals surface area contributed by atoms with Gasteiger partial charge in [0.25, 0.3) is 0 Å². The molecule has 2 aromatic carbocycles. The van der Waals surface area contributed by atoms with Crippen molar-refractivity contribution < 1.29 is 24.2 Å². The largest absolute Gasteiger partial charge is 0.451 e. The predicted octanol–water partition coefficient (Wildman–Crippen LogP) is 3.69. The Labute approximate surface area is 171 Å². The van der Waals surface area contributed by atoms with Crippen molar-refractivity contribution in [2.45, 2.75) is 51.0 Å². The summed E-state index contributed by atoms with van der Waals surface area (Å²) in [6, 6.07) is 18.0. The van der Waals surface area contributed by atoms with E-state index in [4.69, 9.17) is 9.47 Å². The second-order valence-corrected chi connectivity index (χ2v) is 8.18. The first-order valence-corrected chi connectivity index (χ1v) is 9.72. The second kappa shape index (κ2) is 8.66. The molecule has 29 heavy (non-hydrogen) atoms. The summed E-state index contributed by atoms with van der Waals surface area (Å²) in [5.41, 5.74) is 0.958. The maximum Gasteiger partial charge on any atom is 0.411 e. The van der Waals surface area contributed by atoms with E-state index in [2.05, 4.69) is 0 Å². The lowest BCUT2D eigenvalue weighted by Crippen LogP contribution is -2.44. The molecule has 1 fully saturated rings. The van der Waals surface area contributed by atoms with Crippen molar-refractivity contribution >= 4 is 12.1 Å². The molecule has 1 saturated heterocycles. The van der Waals surface area contributed by atoms with Crippen LogP contribution in [0.4, 0.5) is 4.79 Å². The predicted molar refractivity (Wildman–Crippen MR) is 108 cm³/mol. The maximum absolute atomic E-state index is 13.0. The number of β-amino-alcohol motifs (C(OH)–C–C–N with tert-alkyl or cyclic N) is 1. The quantitative estimate of drug-likeness (QED) is 0.797. The number of hydrogen-bond donors (Lipinski definition) is 1. The van der Waals surface area contributed by atoms with Gasteiger partial charge in [-0.05, 0) is 31.9 Å². The van der Waals surface area contributed by atoms with Gasteiger partial charge in [0.1, 0.15) is 11.6 Å². The fourth-order valence-corrected chi connectivity index (χ4v) is 3.34. The molecule has 3 rings (SSSR count).